The van der Waals surface area contributed by atoms with Gasteiger partial charge in [0.05, 0.1) is 12.8 Å². The van der Waals surface area contributed by atoms with Crippen LogP contribution in [0.3, 0.4) is 0 Å². The summed E-state index contributed by atoms with van der Waals surface area (Å²) in [6.45, 7) is 6.54. The predicted molar refractivity (Wildman–Crippen MR) is 109 cm³/mol. The van der Waals surface area contributed by atoms with Gasteiger partial charge in [-0.1, -0.05) is 38.1 Å². The maximum atomic E-state index is 11.8. The molecule has 126 valence electrons. The lowest BCUT2D eigenvalue weighted by atomic mass is 10.0. The molecule has 2 aromatic rings. The van der Waals surface area contributed by atoms with Gasteiger partial charge in [0.15, 0.2) is 0 Å². The monoisotopic (exact) mass is 435 g/mol. The zero-order chi connectivity index (χ0) is 17.5. The summed E-state index contributed by atoms with van der Waals surface area (Å²) in [5.74, 6) is 0.327. The van der Waals surface area contributed by atoms with Crippen molar-refractivity contribution in [3.63, 3.8) is 0 Å². The second-order valence-corrected chi connectivity index (χ2v) is 7.09. The number of carbonyl (C=O) groups excluding carboxylic acids is 1. The summed E-state index contributed by atoms with van der Waals surface area (Å²) < 4.78 is 1.20. The topological polar surface area (TPSA) is 53.5 Å². The quantitative estimate of drug-likeness (QED) is 0.404. The van der Waals surface area contributed by atoms with Crippen molar-refractivity contribution in [1.29, 1.82) is 0 Å². The normalized spacial score (nSPS) is 11.0. The molecule has 0 heterocycles. The van der Waals surface area contributed by atoms with Gasteiger partial charge in [0.2, 0.25) is 0 Å². The molecule has 5 heteroatoms. The fourth-order valence-electron chi connectivity index (χ4n) is 2.12. The molecule has 0 bridgehead atoms. The second-order valence-electron chi connectivity index (χ2n) is 5.93. The number of hydrogen-bond donors (Lipinski definition) is 2. The Morgan fingerprint density at radius 2 is 1.92 bits per heavy atom. The fourth-order valence-corrected chi connectivity index (χ4v) is 2.46. The number of carbonyl (C=O) groups is 1. The maximum Gasteiger partial charge on any atom is 0.259 e. The van der Waals surface area contributed by atoms with Crippen LogP contribution in [0.15, 0.2) is 47.6 Å². The number of hydrazone groups is 1. The Hall–Kier alpha value is -1.89. The van der Waals surface area contributed by atoms with E-state index in [9.17, 15) is 4.79 Å². The van der Waals surface area contributed by atoms with E-state index >= 15 is 0 Å². The molecule has 0 saturated heterocycles. The first-order valence-corrected chi connectivity index (χ1v) is 8.95. The molecule has 2 N–H and O–H groups in total. The van der Waals surface area contributed by atoms with Crippen LogP contribution in [-0.2, 0) is 4.79 Å². The third-order valence-electron chi connectivity index (χ3n) is 3.62. The van der Waals surface area contributed by atoms with Crippen LogP contribution in [0.1, 0.15) is 36.5 Å². The van der Waals surface area contributed by atoms with Crippen molar-refractivity contribution < 1.29 is 4.79 Å². The van der Waals surface area contributed by atoms with Crippen LogP contribution in [0.5, 0.6) is 0 Å². The summed E-state index contributed by atoms with van der Waals surface area (Å²) in [4.78, 5) is 11.8. The van der Waals surface area contributed by atoms with Crippen LogP contribution in [-0.4, -0.2) is 18.7 Å². The highest BCUT2D eigenvalue weighted by molar-refractivity contribution is 14.1. The van der Waals surface area contributed by atoms with Crippen molar-refractivity contribution in [2.24, 2.45) is 5.10 Å². The lowest BCUT2D eigenvalue weighted by Crippen LogP contribution is -2.25. The van der Waals surface area contributed by atoms with Crippen LogP contribution in [0.4, 0.5) is 5.69 Å². The Labute approximate surface area is 156 Å². The Morgan fingerprint density at radius 1 is 1.21 bits per heavy atom. The first-order valence-electron chi connectivity index (χ1n) is 7.87. The molecule has 0 unspecified atom stereocenters. The largest absolute Gasteiger partial charge is 0.376 e. The molecule has 1 amide bonds. The third kappa shape index (κ3) is 5.63. The zero-order valence-corrected chi connectivity index (χ0v) is 16.3. The lowest BCUT2D eigenvalue weighted by Gasteiger charge is -2.07. The molecule has 0 aliphatic heterocycles. The summed E-state index contributed by atoms with van der Waals surface area (Å²) in [6, 6.07) is 14.2. The van der Waals surface area contributed by atoms with E-state index in [1.165, 1.54) is 14.7 Å². The number of aryl methyl sites for hydroxylation is 1. The van der Waals surface area contributed by atoms with Crippen LogP contribution in [0, 0.1) is 10.5 Å². The SMILES string of the molecule is Cc1cc(NCC(=O)N/N=C\c2ccc(C(C)C)cc2)ccc1I. The summed E-state index contributed by atoms with van der Waals surface area (Å²) in [6.07, 6.45) is 1.65. The minimum Gasteiger partial charge on any atom is -0.376 e. The van der Waals surface area contributed by atoms with Gasteiger partial charge >= 0.3 is 0 Å². The molecule has 0 atom stereocenters. The number of halogens is 1. The van der Waals surface area contributed by atoms with Crippen molar-refractivity contribution in [2.45, 2.75) is 26.7 Å². The minimum atomic E-state index is -0.179. The molecular formula is C19H22IN3O. The summed E-state index contributed by atoms with van der Waals surface area (Å²) >= 11 is 2.29. The Bertz CT molecular complexity index is 724. The van der Waals surface area contributed by atoms with E-state index in [0.717, 1.165) is 11.3 Å². The van der Waals surface area contributed by atoms with Crippen molar-refractivity contribution in [1.82, 2.24) is 5.43 Å². The van der Waals surface area contributed by atoms with Crippen LogP contribution in [0.25, 0.3) is 0 Å². The Morgan fingerprint density at radius 3 is 2.54 bits per heavy atom. The molecule has 0 spiro atoms. The first-order chi connectivity index (χ1) is 11.5. The van der Waals surface area contributed by atoms with E-state index in [0.29, 0.717) is 5.92 Å². The molecular weight excluding hydrogens is 413 g/mol. The van der Waals surface area contributed by atoms with E-state index in [1.54, 1.807) is 6.21 Å². The van der Waals surface area contributed by atoms with Gasteiger partial charge in [0.25, 0.3) is 5.91 Å². The summed E-state index contributed by atoms with van der Waals surface area (Å²) in [5.41, 5.74) is 6.89. The second kappa shape index (κ2) is 8.82. The number of benzene rings is 2. The highest BCUT2D eigenvalue weighted by atomic mass is 127. The number of hydrogen-bond acceptors (Lipinski definition) is 3. The molecule has 0 fully saturated rings. The zero-order valence-electron chi connectivity index (χ0n) is 14.1. The predicted octanol–water partition coefficient (Wildman–Crippen LogP) is 4.29. The van der Waals surface area contributed by atoms with Gasteiger partial charge in [0, 0.05) is 9.26 Å². The van der Waals surface area contributed by atoms with Gasteiger partial charge in [-0.15, -0.1) is 0 Å². The molecule has 4 nitrogen and oxygen atoms in total. The van der Waals surface area contributed by atoms with Crippen molar-refractivity contribution in [2.75, 3.05) is 11.9 Å². The van der Waals surface area contributed by atoms with E-state index in [1.807, 2.05) is 37.3 Å². The van der Waals surface area contributed by atoms with Gasteiger partial charge in [-0.05, 0) is 70.3 Å². The van der Waals surface area contributed by atoms with Gasteiger partial charge in [-0.25, -0.2) is 5.43 Å². The molecule has 0 aliphatic carbocycles. The number of nitrogens with one attached hydrogen (secondary N) is 2. The highest BCUT2D eigenvalue weighted by Crippen LogP contribution is 2.16. The molecule has 24 heavy (non-hydrogen) atoms. The number of anilines is 1. The maximum absolute atomic E-state index is 11.8. The average Bonchev–Trinajstić information content (AvgIpc) is 2.56. The Kier molecular flexibility index (Phi) is 6.78. The molecule has 0 saturated carbocycles. The molecule has 0 aromatic heterocycles. The highest BCUT2D eigenvalue weighted by Gasteiger charge is 2.01. The average molecular weight is 435 g/mol. The van der Waals surface area contributed by atoms with E-state index in [2.05, 4.69) is 64.4 Å². The van der Waals surface area contributed by atoms with E-state index < -0.39 is 0 Å². The van der Waals surface area contributed by atoms with Crippen LogP contribution >= 0.6 is 22.6 Å². The van der Waals surface area contributed by atoms with Crippen molar-refractivity contribution in [3.8, 4) is 0 Å². The van der Waals surface area contributed by atoms with Crippen LogP contribution in [0.2, 0.25) is 0 Å². The number of amides is 1. The molecule has 0 radical (unpaired) electrons. The first kappa shape index (κ1) is 18.4. The van der Waals surface area contributed by atoms with Gasteiger partial charge in [-0.2, -0.15) is 5.10 Å². The van der Waals surface area contributed by atoms with Gasteiger partial charge in [-0.3, -0.25) is 4.79 Å². The lowest BCUT2D eigenvalue weighted by molar-refractivity contribution is -0.119. The third-order valence-corrected chi connectivity index (χ3v) is 4.83. The summed E-state index contributed by atoms with van der Waals surface area (Å²) in [5, 5.41) is 7.09. The smallest absolute Gasteiger partial charge is 0.259 e. The standard InChI is InChI=1S/C19H22IN3O/c1-13(2)16-6-4-15(5-7-16)11-22-23-19(24)12-21-17-8-9-18(20)14(3)10-17/h4-11,13,21H,12H2,1-3H3,(H,23,24)/b22-11-. The van der Waals surface area contributed by atoms with Crippen molar-refractivity contribution in [3.05, 3.63) is 62.7 Å². The molecule has 2 aromatic carbocycles. The minimum absolute atomic E-state index is 0.179. The number of nitrogens with zero attached hydrogens (tertiary/aromatic N) is 1. The molecule has 0 aliphatic rings. The summed E-state index contributed by atoms with van der Waals surface area (Å²) in [7, 11) is 0. The van der Waals surface area contributed by atoms with Crippen molar-refractivity contribution >= 4 is 40.4 Å². The van der Waals surface area contributed by atoms with Crippen LogP contribution < -0.4 is 10.7 Å². The van der Waals surface area contributed by atoms with Gasteiger partial charge in [0.1, 0.15) is 0 Å². The number of rotatable bonds is 6. The van der Waals surface area contributed by atoms with E-state index in [4.69, 9.17) is 0 Å². The molecule has 2 rings (SSSR count). The Balaban J connectivity index is 1.80. The van der Waals surface area contributed by atoms with Gasteiger partial charge < -0.3 is 5.32 Å². The fraction of sp³-hybridized carbons (Fsp3) is 0.263. The van der Waals surface area contributed by atoms with E-state index in [-0.39, 0.29) is 12.5 Å².